The second-order valence-electron chi connectivity index (χ2n) is 6.85. The molecule has 2 heterocycles. The largest absolute Gasteiger partial charge is 0.390 e. The van der Waals surface area contributed by atoms with E-state index in [0.717, 1.165) is 34.9 Å². The Morgan fingerprint density at radius 2 is 1.61 bits per heavy atom. The third kappa shape index (κ3) is 4.32. The number of hydrogen-bond acceptors (Lipinski definition) is 4. The summed E-state index contributed by atoms with van der Waals surface area (Å²) in [5, 5.41) is 9.15. The number of hydrogen-bond donors (Lipinski definition) is 1. The first kappa shape index (κ1) is 18.1. The van der Waals surface area contributed by atoms with Gasteiger partial charge in [0.15, 0.2) is 0 Å². The average molecular weight is 370 g/mol. The molecule has 0 saturated carbocycles. The maximum atomic E-state index is 9.15. The molecule has 0 fully saturated rings. The van der Waals surface area contributed by atoms with Crippen molar-refractivity contribution in [2.24, 2.45) is 0 Å². The highest BCUT2D eigenvalue weighted by Gasteiger charge is 2.06. The molecule has 0 aliphatic heterocycles. The number of nitrogens with zero attached hydrogens (tertiary/aromatic N) is 4. The van der Waals surface area contributed by atoms with E-state index >= 15 is 0 Å². The predicted octanol–water partition coefficient (Wildman–Crippen LogP) is 3.64. The molecule has 0 atom stereocenters. The molecule has 4 aromatic rings. The minimum atomic E-state index is -0.0545. The lowest BCUT2D eigenvalue weighted by Crippen LogP contribution is -2.03. The first-order valence-corrected chi connectivity index (χ1v) is 9.30. The molecule has 140 valence electrons. The zero-order valence-electron chi connectivity index (χ0n) is 15.8. The molecule has 0 unspecified atom stereocenters. The van der Waals surface area contributed by atoms with Crippen molar-refractivity contribution in [2.75, 3.05) is 0 Å². The van der Waals surface area contributed by atoms with Crippen LogP contribution in [-0.4, -0.2) is 24.6 Å². The van der Waals surface area contributed by atoms with Gasteiger partial charge in [0.05, 0.1) is 18.6 Å². The number of rotatable bonds is 6. The molecule has 0 bridgehead atoms. The molecule has 5 heteroatoms. The first-order chi connectivity index (χ1) is 13.7. The van der Waals surface area contributed by atoms with Gasteiger partial charge in [-0.3, -0.25) is 0 Å². The lowest BCUT2D eigenvalue weighted by molar-refractivity contribution is 0.277. The molecule has 0 spiro atoms. The van der Waals surface area contributed by atoms with Crippen LogP contribution in [0.3, 0.4) is 0 Å². The van der Waals surface area contributed by atoms with Crippen molar-refractivity contribution >= 4 is 0 Å². The highest BCUT2D eigenvalue weighted by atomic mass is 16.3. The number of aliphatic hydroxyl groups excluding tert-OH is 1. The van der Waals surface area contributed by atoms with Crippen molar-refractivity contribution in [1.82, 2.24) is 19.5 Å². The van der Waals surface area contributed by atoms with Gasteiger partial charge < -0.3 is 9.67 Å². The van der Waals surface area contributed by atoms with Crippen molar-refractivity contribution in [3.8, 4) is 5.69 Å². The third-order valence-corrected chi connectivity index (χ3v) is 4.58. The van der Waals surface area contributed by atoms with E-state index in [1.165, 1.54) is 5.56 Å². The normalized spacial score (nSPS) is 10.9. The van der Waals surface area contributed by atoms with Gasteiger partial charge in [0.2, 0.25) is 0 Å². The Morgan fingerprint density at radius 3 is 2.32 bits per heavy atom. The van der Waals surface area contributed by atoms with Crippen LogP contribution in [0.25, 0.3) is 5.69 Å². The summed E-state index contributed by atoms with van der Waals surface area (Å²) in [7, 11) is 0. The van der Waals surface area contributed by atoms with Gasteiger partial charge in [-0.15, -0.1) is 0 Å². The van der Waals surface area contributed by atoms with Crippen LogP contribution >= 0.6 is 0 Å². The van der Waals surface area contributed by atoms with Crippen molar-refractivity contribution < 1.29 is 5.11 Å². The van der Waals surface area contributed by atoms with E-state index in [4.69, 9.17) is 10.1 Å². The predicted molar refractivity (Wildman–Crippen MR) is 108 cm³/mol. The summed E-state index contributed by atoms with van der Waals surface area (Å²) in [6.45, 7) is 1.96. The molecular weight excluding hydrogens is 348 g/mol. The quantitative estimate of drug-likeness (QED) is 0.563. The number of imidazole rings is 1. The number of aryl methyl sites for hydroxylation is 1. The van der Waals surface area contributed by atoms with Crippen LogP contribution in [0.4, 0.5) is 0 Å². The summed E-state index contributed by atoms with van der Waals surface area (Å²) in [5.41, 5.74) is 6.10. The smallest absolute Gasteiger partial charge is 0.133 e. The van der Waals surface area contributed by atoms with Crippen LogP contribution in [0.15, 0.2) is 73.2 Å². The molecule has 2 aromatic carbocycles. The van der Waals surface area contributed by atoms with E-state index in [9.17, 15) is 0 Å². The van der Waals surface area contributed by atoms with Crippen molar-refractivity contribution in [1.29, 1.82) is 0 Å². The van der Waals surface area contributed by atoms with E-state index in [-0.39, 0.29) is 6.61 Å². The Bertz CT molecular complexity index is 1060. The van der Waals surface area contributed by atoms with Crippen molar-refractivity contribution in [3.63, 3.8) is 0 Å². The first-order valence-electron chi connectivity index (χ1n) is 9.30. The van der Waals surface area contributed by atoms with E-state index < -0.39 is 0 Å². The highest BCUT2D eigenvalue weighted by molar-refractivity contribution is 5.36. The van der Waals surface area contributed by atoms with E-state index in [0.29, 0.717) is 12.1 Å². The lowest BCUT2D eigenvalue weighted by Gasteiger charge is -2.08. The van der Waals surface area contributed by atoms with Crippen LogP contribution < -0.4 is 0 Å². The van der Waals surface area contributed by atoms with Gasteiger partial charge in [-0.1, -0.05) is 42.5 Å². The van der Waals surface area contributed by atoms with Gasteiger partial charge in [0, 0.05) is 36.1 Å². The Labute approximate surface area is 164 Å². The topological polar surface area (TPSA) is 63.8 Å². The Hall–Kier alpha value is -3.31. The van der Waals surface area contributed by atoms with E-state index in [1.54, 1.807) is 6.33 Å². The van der Waals surface area contributed by atoms with Crippen molar-refractivity contribution in [2.45, 2.75) is 26.4 Å². The Kier molecular flexibility index (Phi) is 5.26. The molecule has 4 rings (SSSR count). The summed E-state index contributed by atoms with van der Waals surface area (Å²) in [6.07, 6.45) is 5.04. The monoisotopic (exact) mass is 370 g/mol. The Morgan fingerprint density at radius 1 is 0.857 bits per heavy atom. The molecule has 0 saturated heterocycles. The Balaban J connectivity index is 1.50. The molecule has 28 heavy (non-hydrogen) atoms. The molecule has 2 aromatic heterocycles. The fourth-order valence-electron chi connectivity index (χ4n) is 3.23. The molecule has 5 nitrogen and oxygen atoms in total. The maximum Gasteiger partial charge on any atom is 0.133 e. The van der Waals surface area contributed by atoms with E-state index in [1.807, 2.05) is 35.9 Å². The van der Waals surface area contributed by atoms with Gasteiger partial charge in [0.1, 0.15) is 5.82 Å². The van der Waals surface area contributed by atoms with Gasteiger partial charge in [-0.25, -0.2) is 15.0 Å². The second-order valence-corrected chi connectivity index (χ2v) is 6.85. The summed E-state index contributed by atoms with van der Waals surface area (Å²) in [4.78, 5) is 13.5. The van der Waals surface area contributed by atoms with Crippen LogP contribution in [0, 0.1) is 6.92 Å². The fourth-order valence-corrected chi connectivity index (χ4v) is 3.23. The molecule has 0 radical (unpaired) electrons. The second kappa shape index (κ2) is 8.15. The summed E-state index contributed by atoms with van der Waals surface area (Å²) in [5.74, 6) is 0.837. The number of aliphatic hydroxyl groups is 1. The minimum absolute atomic E-state index is 0.0545. The molecular formula is C23H22N4O. The SMILES string of the molecule is Cc1cc(Cc2ccccc2)nc(Cc2ccc(-n3cnc(CO)c3)cc2)n1. The van der Waals surface area contributed by atoms with Gasteiger partial charge in [-0.05, 0) is 36.2 Å². The number of benzene rings is 2. The number of aromatic nitrogens is 4. The molecule has 1 N–H and O–H groups in total. The van der Waals surface area contributed by atoms with Crippen LogP contribution in [0.2, 0.25) is 0 Å². The summed E-state index contributed by atoms with van der Waals surface area (Å²) < 4.78 is 1.90. The fraction of sp³-hybridized carbons (Fsp3) is 0.174. The summed E-state index contributed by atoms with van der Waals surface area (Å²) in [6, 6.07) is 20.7. The van der Waals surface area contributed by atoms with Gasteiger partial charge in [-0.2, -0.15) is 0 Å². The third-order valence-electron chi connectivity index (χ3n) is 4.58. The molecule has 0 aliphatic carbocycles. The zero-order chi connectivity index (χ0) is 19.3. The summed E-state index contributed by atoms with van der Waals surface area (Å²) >= 11 is 0. The van der Waals surface area contributed by atoms with Crippen LogP contribution in [0.5, 0.6) is 0 Å². The zero-order valence-corrected chi connectivity index (χ0v) is 15.8. The average Bonchev–Trinajstić information content (AvgIpc) is 3.18. The van der Waals surface area contributed by atoms with Gasteiger partial charge in [0.25, 0.3) is 0 Å². The van der Waals surface area contributed by atoms with Crippen LogP contribution in [-0.2, 0) is 19.4 Å². The van der Waals surface area contributed by atoms with E-state index in [2.05, 4.69) is 52.4 Å². The van der Waals surface area contributed by atoms with Crippen molar-refractivity contribution in [3.05, 3.63) is 107 Å². The minimum Gasteiger partial charge on any atom is -0.390 e. The van der Waals surface area contributed by atoms with Gasteiger partial charge >= 0.3 is 0 Å². The maximum absolute atomic E-state index is 9.15. The lowest BCUT2D eigenvalue weighted by atomic mass is 10.1. The molecule has 0 aliphatic rings. The highest BCUT2D eigenvalue weighted by Crippen LogP contribution is 2.14. The molecule has 0 amide bonds. The standard InChI is InChI=1S/C23H22N4O/c1-17-11-20(12-18-5-3-2-4-6-18)26-23(25-17)13-19-7-9-22(10-8-19)27-14-21(15-28)24-16-27/h2-11,14,16,28H,12-13,15H2,1H3. The van der Waals surface area contributed by atoms with Crippen LogP contribution in [0.1, 0.15) is 34.0 Å².